The maximum atomic E-state index is 10.1. The predicted molar refractivity (Wildman–Crippen MR) is 704 cm³/mol. The summed E-state index contributed by atoms with van der Waals surface area (Å²) >= 11 is 0. The summed E-state index contributed by atoms with van der Waals surface area (Å²) in [5, 5.41) is 27.0. The Morgan fingerprint density at radius 2 is 0.573 bits per heavy atom. The van der Waals surface area contributed by atoms with Crippen molar-refractivity contribution in [2.75, 3.05) is 247 Å². The van der Waals surface area contributed by atoms with Crippen molar-refractivity contribution < 1.29 is 28.5 Å². The number of unbranched alkanes of at least 4 members (excludes halogenated alkanes) is 10. The number of hydrogen-bond donors (Lipinski definition) is 6. The second kappa shape index (κ2) is 189. The number of ether oxygens (including phenoxy) is 1. The number of rotatable bonds is 37. The molecule has 0 aliphatic carbocycles. The molecule has 150 heavy (non-hydrogen) atoms. The Morgan fingerprint density at radius 3 is 0.633 bits per heavy atom. The molecule has 2 atom stereocenters. The maximum Gasteiger partial charge on any atom is 0.208 e. The van der Waals surface area contributed by atoms with E-state index in [0.717, 1.165) is 63.2 Å². The third-order valence-corrected chi connectivity index (χ3v) is 23.8. The van der Waals surface area contributed by atoms with Crippen LogP contribution in [0.25, 0.3) is 0 Å². The standard InChI is InChI=1S/2C8H17N.3C7H15N.C6H13N.2C6H15N.2C6H14.2C5H13N.3C5H12.2C4H11N.C4H10O.3C4H10.C3H9NO2S.2C3H8O.C3H8.C2H6O/c2*1-2-6-9-7-4-3-5-8-9;2*1-2-8-6-4-3-5-7-8;1-2-5-8-6-3-4-7-8;1-2-7-5-3-4-6-7;1-5-6(2)7(3)4;1-4-5-6-7(2)3;1-4-6(3)5-2;1-3-5-6-4-2;1-4-5-6(2)3;1-4-6-5(2)3;1-5(2,3)4;1-4-5(2)3;1-3-5-4-2;1-4-5(2)3;1-2-3-4-5;1-3-4(2)5;3*1-3-4-2;1-3-4-7(2,5)6;1-3-4-2;1-2-3-4;1-3-2;1-2-3/h2*2-8H2,1H3;3*2-7H2,1H3;2-6H2,1H3;6H,5H2,1-4H3;4-6H2,1-3H3;6H,4-5H2,1-3H3;3-6H2,1-2H3;4-5H2,1-3H3;5-6H,4H2,1-3H3;1-4H3;5H,4H2,1-3H3;3-5H2,1-2H3;4H2,1-3H3;2-5H2,1H3;4-5H,3H2,1-2H3;3*3-4H2,1-2H3;4H,3H2,1-2H3;3H2,1-2H3;4H,2-3H2,1H3;3H2,1-2H3;3H,2H2,1H3. The van der Waals surface area contributed by atoms with Gasteiger partial charge in [0.25, 0.3) is 0 Å². The molecule has 0 aromatic rings. The summed E-state index contributed by atoms with van der Waals surface area (Å²) in [6, 6.07) is 1.38. The number of methoxy groups -OCH3 is 1. The molecular weight excluding hydrogens is 1870 g/mol. The molecule has 0 amide bonds. The summed E-state index contributed by atoms with van der Waals surface area (Å²) < 4.78 is 27.0. The SMILES string of the molecule is CC(C)(C)C.CCC.CCC(C)C.CCC(C)CC.CCC(C)N(C)C.CCC(C)O.CCCC.CCCC.CCCC.CCCCC.CCCCCC.CCCCN.CCCCN(C)C.CCCN(C)C.CCCN1CCCC1.CCCN1CCCCC1.CCCN1CCCCC1.CCCO.CCN(C)C.CCN1CCCC1.CCN1CCCCC1.CCN1CCCCC1.CCNC(C)C.CCNS(C)(=O)=O.CCO.CCOC. The number of nitrogens with zero attached hydrogens (tertiary/aromatic N) is 10. The van der Waals surface area contributed by atoms with E-state index >= 15 is 0 Å². The van der Waals surface area contributed by atoms with Crippen LogP contribution >= 0.6 is 0 Å². The van der Waals surface area contributed by atoms with E-state index in [2.05, 4.69) is 376 Å². The maximum absolute atomic E-state index is 10.1. The third-order valence-electron chi connectivity index (χ3n) is 22.9. The average molecular weight is 2190 g/mol. The molecule has 2 unspecified atom stereocenters. The summed E-state index contributed by atoms with van der Waals surface area (Å²) in [5.74, 6) is 1.82. The molecule has 0 aromatic carbocycles. The first kappa shape index (κ1) is 196. The second-order valence-corrected chi connectivity index (χ2v) is 45.4. The quantitative estimate of drug-likeness (QED) is 0.0322. The molecule has 940 valence electrons. The van der Waals surface area contributed by atoms with Crippen LogP contribution in [0.5, 0.6) is 0 Å². The molecule has 6 rings (SSSR count). The van der Waals surface area contributed by atoms with Crippen molar-refractivity contribution in [3.05, 3.63) is 0 Å². The molecule has 0 spiro atoms. The fourth-order valence-corrected chi connectivity index (χ4v) is 11.8. The lowest BCUT2D eigenvalue weighted by atomic mass is 10.0. The molecule has 20 heteroatoms. The van der Waals surface area contributed by atoms with Crippen molar-refractivity contribution in [1.82, 2.24) is 59.0 Å². The van der Waals surface area contributed by atoms with Gasteiger partial charge in [-0.3, -0.25) is 0 Å². The fraction of sp³-hybridized carbons (Fsp3) is 1.00. The highest BCUT2D eigenvalue weighted by atomic mass is 32.2. The molecule has 6 fully saturated rings. The molecule has 0 saturated carbocycles. The van der Waals surface area contributed by atoms with Gasteiger partial charge in [0.1, 0.15) is 0 Å². The van der Waals surface area contributed by atoms with Gasteiger partial charge >= 0.3 is 0 Å². The largest absolute Gasteiger partial charge is 0.397 e. The van der Waals surface area contributed by atoms with Gasteiger partial charge in [-0.2, -0.15) is 0 Å². The normalized spacial score (nSPS) is 14.1. The summed E-state index contributed by atoms with van der Waals surface area (Å²) in [5.41, 5.74) is 5.64. The predicted octanol–water partition coefficient (Wildman–Crippen LogP) is 34.9. The monoisotopic (exact) mass is 2190 g/mol. The van der Waals surface area contributed by atoms with Gasteiger partial charge in [-0.15, -0.1) is 0 Å². The highest BCUT2D eigenvalue weighted by Crippen LogP contribution is 2.13. The number of nitrogens with one attached hydrogen (secondary N) is 2. The van der Waals surface area contributed by atoms with Crippen molar-refractivity contribution >= 4 is 10.0 Å². The molecule has 19 nitrogen and oxygen atoms in total. The van der Waals surface area contributed by atoms with E-state index in [4.69, 9.17) is 21.1 Å². The minimum absolute atomic E-state index is 0.116. The van der Waals surface area contributed by atoms with E-state index in [-0.39, 0.29) is 12.7 Å². The molecule has 6 aliphatic rings. The van der Waals surface area contributed by atoms with Gasteiger partial charge in [0, 0.05) is 45.6 Å². The summed E-state index contributed by atoms with van der Waals surface area (Å²) in [6.45, 7) is 124. The molecule has 0 aromatic heterocycles. The van der Waals surface area contributed by atoms with E-state index in [1.54, 1.807) is 27.9 Å². The lowest BCUT2D eigenvalue weighted by molar-refractivity contribution is 0.191. The summed E-state index contributed by atoms with van der Waals surface area (Å²) in [7, 11) is 15.5. The first-order valence-corrected chi connectivity index (χ1v) is 66.5. The minimum atomic E-state index is -2.92. The molecule has 7 N–H and O–H groups in total. The van der Waals surface area contributed by atoms with Gasteiger partial charge in [0.2, 0.25) is 10.0 Å². The number of aliphatic hydroxyl groups is 3. The smallest absolute Gasteiger partial charge is 0.208 e. The van der Waals surface area contributed by atoms with Gasteiger partial charge in [-0.1, -0.05) is 418 Å². The van der Waals surface area contributed by atoms with E-state index < -0.39 is 10.0 Å². The topological polar surface area (TPSA) is 187 Å². The van der Waals surface area contributed by atoms with Crippen molar-refractivity contribution in [3.63, 3.8) is 0 Å². The van der Waals surface area contributed by atoms with Crippen molar-refractivity contribution in [2.45, 2.75) is 598 Å². The van der Waals surface area contributed by atoms with Crippen LogP contribution in [0.15, 0.2) is 0 Å². The van der Waals surface area contributed by atoms with Crippen molar-refractivity contribution in [3.8, 4) is 0 Å². The van der Waals surface area contributed by atoms with Gasteiger partial charge < -0.3 is 80.1 Å². The first-order chi connectivity index (χ1) is 70.9. The van der Waals surface area contributed by atoms with Crippen LogP contribution in [-0.2, 0) is 14.8 Å². The lowest BCUT2D eigenvalue weighted by Crippen LogP contribution is -2.30. The van der Waals surface area contributed by atoms with Crippen LogP contribution in [0.1, 0.15) is 580 Å². The molecule has 6 saturated heterocycles. The van der Waals surface area contributed by atoms with Gasteiger partial charge in [-0.05, 0) is 387 Å². The minimum Gasteiger partial charge on any atom is -0.397 e. The van der Waals surface area contributed by atoms with Crippen LogP contribution in [0.3, 0.4) is 0 Å². The number of aliphatic hydroxyl groups excluding tert-OH is 3. The Balaban J connectivity index is -0.0000000654. The van der Waals surface area contributed by atoms with Crippen LogP contribution in [-0.4, -0.2) is 338 Å². The molecule has 0 radical (unpaired) electrons. The van der Waals surface area contributed by atoms with Crippen LogP contribution in [0, 0.1) is 17.3 Å². The molecule has 0 bridgehead atoms. The average Bonchev–Trinajstić information content (AvgIpc) is 1.42. The Labute approximate surface area is 959 Å². The van der Waals surface area contributed by atoms with Crippen LogP contribution < -0.4 is 15.8 Å². The molecular formula is C130H313N13O6S. The Kier molecular flexibility index (Phi) is 248. The van der Waals surface area contributed by atoms with Gasteiger partial charge in [-0.25, -0.2) is 13.1 Å². The van der Waals surface area contributed by atoms with Crippen LogP contribution in [0.2, 0.25) is 0 Å². The number of piperidine rings is 4. The van der Waals surface area contributed by atoms with E-state index in [0.29, 0.717) is 24.6 Å². The zero-order valence-electron chi connectivity index (χ0n) is 116. The second-order valence-electron chi connectivity index (χ2n) is 43.6. The van der Waals surface area contributed by atoms with Crippen LogP contribution in [0.4, 0.5) is 0 Å². The lowest BCUT2D eigenvalue weighted by Gasteiger charge is -2.25. The number of sulfonamides is 1. The van der Waals surface area contributed by atoms with E-state index in [1.807, 2.05) is 20.8 Å². The van der Waals surface area contributed by atoms with Gasteiger partial charge in [0.15, 0.2) is 0 Å². The molecule has 6 aliphatic heterocycles. The van der Waals surface area contributed by atoms with Gasteiger partial charge in [0.05, 0.1) is 12.4 Å². The Bertz CT molecular complexity index is 1880. The fourth-order valence-electron chi connectivity index (χ4n) is 11.3. The molecule has 6 heterocycles. The first-order valence-electron chi connectivity index (χ1n) is 64.6. The summed E-state index contributed by atoms with van der Waals surface area (Å²) in [6.07, 6.45) is 59.9. The Morgan fingerprint density at radius 1 is 0.340 bits per heavy atom. The Hall–Kier alpha value is -0.730. The zero-order valence-corrected chi connectivity index (χ0v) is 116. The highest BCUT2D eigenvalue weighted by molar-refractivity contribution is 7.88. The zero-order chi connectivity index (χ0) is 121. The van der Waals surface area contributed by atoms with E-state index in [9.17, 15) is 8.42 Å². The van der Waals surface area contributed by atoms with Crippen molar-refractivity contribution in [2.24, 2.45) is 23.0 Å². The van der Waals surface area contributed by atoms with Crippen molar-refractivity contribution in [1.29, 1.82) is 0 Å². The number of likely N-dealkylation sites (tertiary alicyclic amines) is 6. The summed E-state index contributed by atoms with van der Waals surface area (Å²) in [4.78, 5) is 23.9. The number of hydrogen-bond acceptors (Lipinski definition) is 18. The highest BCUT2D eigenvalue weighted by Gasteiger charge is 2.12. The van der Waals surface area contributed by atoms with E-state index in [1.165, 1.54) is 401 Å². The number of nitrogens with two attached hydrogens (primary N) is 1. The third kappa shape index (κ3) is 301.